The molecule has 1 aromatic heterocycles. The molecule has 0 bridgehead atoms. The number of rotatable bonds is 9. The number of carbonyl (C=O) groups is 2. The number of nitrogen functional groups attached to an aromatic ring is 1. The van der Waals surface area contributed by atoms with Crippen molar-refractivity contribution in [3.05, 3.63) is 81.3 Å². The van der Waals surface area contributed by atoms with E-state index < -0.39 is 79.6 Å². The van der Waals surface area contributed by atoms with E-state index in [0.717, 1.165) is 18.2 Å². The number of benzene rings is 3. The Morgan fingerprint density at radius 3 is 1.82 bits per heavy atom. The SMILES string of the molecule is Nc1c(S(=O)(=O)O)cc(NC2CCC(Nc3nc(Nc4cc(S(=O)(=O)O)ccc4S(=O)(=O)O)[nH]c(=O)n3)CC2)c2c1C(=O)c1ccccc1C2=O. The maximum Gasteiger partial charge on any atom is 0.351 e. The molecule has 1 saturated carbocycles. The zero-order valence-corrected chi connectivity index (χ0v) is 28.3. The molecule has 0 saturated heterocycles. The van der Waals surface area contributed by atoms with Gasteiger partial charge in [0.2, 0.25) is 11.9 Å². The third-order valence-corrected chi connectivity index (χ3v) is 11.0. The highest BCUT2D eigenvalue weighted by Crippen LogP contribution is 2.40. The average molecular weight is 762 g/mol. The minimum atomic E-state index is -4.90. The predicted octanol–water partition coefficient (Wildman–Crippen LogP) is 1.84. The van der Waals surface area contributed by atoms with Crippen LogP contribution in [0.25, 0.3) is 0 Å². The third kappa shape index (κ3) is 7.17. The van der Waals surface area contributed by atoms with Gasteiger partial charge in [-0.25, -0.2) is 4.79 Å². The highest BCUT2D eigenvalue weighted by Gasteiger charge is 2.37. The number of anilines is 5. The quantitative estimate of drug-likeness (QED) is 0.0784. The second-order valence-electron chi connectivity index (χ2n) is 11.7. The van der Waals surface area contributed by atoms with Crippen molar-refractivity contribution >= 4 is 70.9 Å². The van der Waals surface area contributed by atoms with Crippen molar-refractivity contribution < 1.29 is 48.5 Å². The number of ketones is 2. The van der Waals surface area contributed by atoms with E-state index in [-0.39, 0.29) is 46.0 Å². The van der Waals surface area contributed by atoms with Gasteiger partial charge in [0.05, 0.1) is 27.4 Å². The Bertz CT molecular complexity index is 2530. The number of nitrogens with two attached hydrogens (primary N) is 1. The summed E-state index contributed by atoms with van der Waals surface area (Å²) in [6, 6.07) is 8.50. The molecule has 268 valence electrons. The zero-order chi connectivity index (χ0) is 37.0. The lowest BCUT2D eigenvalue weighted by Crippen LogP contribution is -2.34. The highest BCUT2D eigenvalue weighted by atomic mass is 32.2. The summed E-state index contributed by atoms with van der Waals surface area (Å²) < 4.78 is 100. The molecular weight excluding hydrogens is 735 g/mol. The Morgan fingerprint density at radius 2 is 1.25 bits per heavy atom. The second kappa shape index (κ2) is 12.8. The second-order valence-corrected chi connectivity index (χ2v) is 15.9. The first-order chi connectivity index (χ1) is 23.8. The zero-order valence-electron chi connectivity index (χ0n) is 25.8. The van der Waals surface area contributed by atoms with Gasteiger partial charge in [0.15, 0.2) is 11.6 Å². The van der Waals surface area contributed by atoms with Crippen LogP contribution in [-0.4, -0.2) is 77.5 Å². The van der Waals surface area contributed by atoms with Crippen LogP contribution < -0.4 is 27.4 Å². The lowest BCUT2D eigenvalue weighted by molar-refractivity contribution is 0.0980. The van der Waals surface area contributed by atoms with E-state index in [1.165, 1.54) is 12.1 Å². The number of hydrogen-bond donors (Lipinski definition) is 8. The summed E-state index contributed by atoms with van der Waals surface area (Å²) in [5.74, 6) is -1.83. The van der Waals surface area contributed by atoms with Gasteiger partial charge in [0, 0.05) is 28.9 Å². The predicted molar refractivity (Wildman–Crippen MR) is 179 cm³/mol. The topological polar surface area (TPSA) is 318 Å². The summed E-state index contributed by atoms with van der Waals surface area (Å²) in [5, 5.41) is 8.53. The Morgan fingerprint density at radius 1 is 0.686 bits per heavy atom. The maximum absolute atomic E-state index is 13.6. The lowest BCUT2D eigenvalue weighted by Gasteiger charge is -2.32. The monoisotopic (exact) mass is 761 g/mol. The molecule has 2 aliphatic rings. The summed E-state index contributed by atoms with van der Waals surface area (Å²) in [5.41, 5.74) is 3.70. The standard InChI is InChI=1S/C29H27N7O12S3/c30-24-21(51(46,47)48)12-19(22-23(24)26(38)17-4-2-1-3-16(17)25(22)37)31-13-5-7-14(8-6-13)32-27-34-28(36-29(39)35-27)33-18-11-15(49(40,41)42)9-10-20(18)50(43,44)45/h1-4,9-14,31H,5-8,30H2,(H,40,41,42)(H,43,44,45)(H,46,47,48)(H3,32,33,34,35,36,39). The molecule has 0 amide bonds. The fourth-order valence-corrected chi connectivity index (χ4v) is 7.81. The number of aromatic amines is 1. The number of nitrogens with zero attached hydrogens (tertiary/aromatic N) is 2. The maximum atomic E-state index is 13.6. The first-order valence-electron chi connectivity index (χ1n) is 14.8. The number of H-pyrrole nitrogens is 1. The van der Waals surface area contributed by atoms with Crippen LogP contribution in [0.3, 0.4) is 0 Å². The van der Waals surface area contributed by atoms with Crippen molar-refractivity contribution in [3.8, 4) is 0 Å². The van der Waals surface area contributed by atoms with Crippen LogP contribution in [0.15, 0.2) is 68.0 Å². The molecule has 0 radical (unpaired) electrons. The first kappa shape index (κ1) is 35.6. The summed E-state index contributed by atoms with van der Waals surface area (Å²) >= 11 is 0. The smallest absolute Gasteiger partial charge is 0.351 e. The van der Waals surface area contributed by atoms with Crippen molar-refractivity contribution in [2.75, 3.05) is 21.7 Å². The van der Waals surface area contributed by atoms with Gasteiger partial charge in [-0.2, -0.15) is 35.2 Å². The van der Waals surface area contributed by atoms with E-state index >= 15 is 0 Å². The van der Waals surface area contributed by atoms with Gasteiger partial charge >= 0.3 is 5.69 Å². The Balaban J connectivity index is 1.21. The minimum Gasteiger partial charge on any atom is -0.397 e. The van der Waals surface area contributed by atoms with E-state index in [1.54, 1.807) is 12.1 Å². The molecule has 0 aliphatic heterocycles. The summed E-state index contributed by atoms with van der Waals surface area (Å²) in [7, 11) is -14.6. The normalized spacial score (nSPS) is 17.7. The summed E-state index contributed by atoms with van der Waals surface area (Å²) in [6.07, 6.45) is 1.65. The van der Waals surface area contributed by atoms with Gasteiger partial charge in [0.1, 0.15) is 9.79 Å². The molecule has 2 aliphatic carbocycles. The largest absolute Gasteiger partial charge is 0.397 e. The molecule has 3 aromatic carbocycles. The number of hydrogen-bond acceptors (Lipinski definition) is 15. The molecule has 19 nitrogen and oxygen atoms in total. The minimum absolute atomic E-state index is 0.00735. The number of fused-ring (bicyclic) bond motifs is 2. The summed E-state index contributed by atoms with van der Waals surface area (Å²) in [6.45, 7) is 0. The van der Waals surface area contributed by atoms with Crippen molar-refractivity contribution in [1.29, 1.82) is 0 Å². The average Bonchev–Trinajstić information content (AvgIpc) is 3.03. The van der Waals surface area contributed by atoms with E-state index in [0.29, 0.717) is 31.7 Å². The molecule has 6 rings (SSSR count). The van der Waals surface area contributed by atoms with Crippen molar-refractivity contribution in [2.24, 2.45) is 0 Å². The fourth-order valence-electron chi connectivity index (χ4n) is 6.03. The van der Waals surface area contributed by atoms with Gasteiger partial charge in [-0.15, -0.1) is 0 Å². The van der Waals surface area contributed by atoms with Crippen LogP contribution in [0.1, 0.15) is 57.5 Å². The molecule has 1 fully saturated rings. The molecule has 4 aromatic rings. The first-order valence-corrected chi connectivity index (χ1v) is 19.1. The van der Waals surface area contributed by atoms with Gasteiger partial charge < -0.3 is 21.7 Å². The van der Waals surface area contributed by atoms with Crippen molar-refractivity contribution in [1.82, 2.24) is 15.0 Å². The van der Waals surface area contributed by atoms with E-state index in [2.05, 4.69) is 30.9 Å². The molecule has 0 unspecified atom stereocenters. The van der Waals surface area contributed by atoms with Gasteiger partial charge in [0.25, 0.3) is 30.4 Å². The number of aromatic nitrogens is 3. The van der Waals surface area contributed by atoms with E-state index in [9.17, 15) is 53.3 Å². The number of nitrogens with one attached hydrogen (secondary N) is 4. The van der Waals surface area contributed by atoms with Gasteiger partial charge in [-0.05, 0) is 49.9 Å². The molecular formula is C29H27N7O12S3. The Hall–Kier alpha value is -5.26. The lowest BCUT2D eigenvalue weighted by atomic mass is 9.82. The van der Waals surface area contributed by atoms with Gasteiger partial charge in [-0.1, -0.05) is 24.3 Å². The third-order valence-electron chi connectivity index (χ3n) is 8.33. The van der Waals surface area contributed by atoms with E-state index in [4.69, 9.17) is 5.73 Å². The molecule has 1 heterocycles. The van der Waals surface area contributed by atoms with Crippen LogP contribution >= 0.6 is 0 Å². The summed E-state index contributed by atoms with van der Waals surface area (Å²) in [4.78, 5) is 47.2. The van der Waals surface area contributed by atoms with Crippen LogP contribution in [0, 0.1) is 0 Å². The Labute approximate surface area is 289 Å². The molecule has 0 spiro atoms. The van der Waals surface area contributed by atoms with Gasteiger partial charge in [-0.3, -0.25) is 28.2 Å². The van der Waals surface area contributed by atoms with Crippen molar-refractivity contribution in [2.45, 2.75) is 52.5 Å². The molecule has 9 N–H and O–H groups in total. The van der Waals surface area contributed by atoms with Crippen LogP contribution in [0.4, 0.5) is 29.0 Å². The molecule has 51 heavy (non-hydrogen) atoms. The van der Waals surface area contributed by atoms with Crippen LogP contribution in [0.5, 0.6) is 0 Å². The van der Waals surface area contributed by atoms with Crippen LogP contribution in [-0.2, 0) is 30.4 Å². The van der Waals surface area contributed by atoms with Crippen LogP contribution in [0.2, 0.25) is 0 Å². The van der Waals surface area contributed by atoms with Crippen molar-refractivity contribution in [3.63, 3.8) is 0 Å². The van der Waals surface area contributed by atoms with E-state index in [1.807, 2.05) is 0 Å². The fraction of sp³-hybridized carbons (Fsp3) is 0.207. The molecule has 22 heteroatoms. The molecule has 0 atom stereocenters. The Kier molecular flexibility index (Phi) is 8.93. The number of carbonyl (C=O) groups excluding carboxylic acids is 2. The highest BCUT2D eigenvalue weighted by molar-refractivity contribution is 7.86.